The van der Waals surface area contributed by atoms with Crippen molar-refractivity contribution in [2.45, 2.75) is 83.8 Å². The van der Waals surface area contributed by atoms with E-state index in [2.05, 4.69) is 39.2 Å². The fraction of sp³-hybridized carbons (Fsp3) is 0.636. The molecule has 0 spiro atoms. The SMILES string of the molecule is C[C@@H](NC(=O)[C@H]1CC[C@@H](O[Si](C)(C)C(C)(C)C)C1)C(=O)OCc1ccccc1. The van der Waals surface area contributed by atoms with Crippen molar-refractivity contribution in [3.63, 3.8) is 0 Å². The molecule has 3 atom stereocenters. The van der Waals surface area contributed by atoms with Gasteiger partial charge in [-0.1, -0.05) is 51.1 Å². The molecule has 1 aliphatic carbocycles. The number of ether oxygens (including phenoxy) is 1. The van der Waals surface area contributed by atoms with Gasteiger partial charge in [0.05, 0.1) is 0 Å². The van der Waals surface area contributed by atoms with Crippen LogP contribution >= 0.6 is 0 Å². The van der Waals surface area contributed by atoms with E-state index in [1.54, 1.807) is 6.92 Å². The summed E-state index contributed by atoms with van der Waals surface area (Å²) in [7, 11) is -1.83. The second-order valence-electron chi connectivity index (χ2n) is 9.33. The molecule has 1 fully saturated rings. The van der Waals surface area contributed by atoms with Crippen molar-refractivity contribution in [3.8, 4) is 0 Å². The van der Waals surface area contributed by atoms with E-state index in [0.29, 0.717) is 0 Å². The van der Waals surface area contributed by atoms with Gasteiger partial charge in [0.25, 0.3) is 0 Å². The highest BCUT2D eigenvalue weighted by Gasteiger charge is 2.41. The predicted molar refractivity (Wildman–Crippen MR) is 113 cm³/mol. The number of carbonyl (C=O) groups excluding carboxylic acids is 2. The Morgan fingerprint density at radius 3 is 2.43 bits per heavy atom. The molecule has 2 rings (SSSR count). The van der Waals surface area contributed by atoms with Gasteiger partial charge in [-0.15, -0.1) is 0 Å². The monoisotopic (exact) mass is 405 g/mol. The third-order valence-electron chi connectivity index (χ3n) is 5.96. The molecule has 6 heteroatoms. The molecule has 156 valence electrons. The molecule has 0 heterocycles. The van der Waals surface area contributed by atoms with Crippen molar-refractivity contribution in [2.24, 2.45) is 5.92 Å². The lowest BCUT2D eigenvalue weighted by Gasteiger charge is -2.38. The summed E-state index contributed by atoms with van der Waals surface area (Å²) in [6, 6.07) is 8.86. The maximum Gasteiger partial charge on any atom is 0.328 e. The van der Waals surface area contributed by atoms with Crippen molar-refractivity contribution >= 4 is 20.2 Å². The lowest BCUT2D eigenvalue weighted by atomic mass is 10.1. The number of amides is 1. The molecular weight excluding hydrogens is 370 g/mol. The Kier molecular flexibility index (Phi) is 7.45. The largest absolute Gasteiger partial charge is 0.459 e. The standard InChI is InChI=1S/C22H35NO4Si/c1-16(21(25)26-15-17-10-8-7-9-11-17)23-20(24)18-12-13-19(14-18)27-28(5,6)22(2,3)4/h7-11,16,18-19H,12-15H2,1-6H3,(H,23,24)/t16-,18+,19-/m1/s1. The second kappa shape index (κ2) is 9.22. The van der Waals surface area contributed by atoms with Crippen molar-refractivity contribution < 1.29 is 18.8 Å². The first-order valence-electron chi connectivity index (χ1n) is 10.2. The van der Waals surface area contributed by atoms with E-state index in [1.807, 2.05) is 30.3 Å². The Balaban J connectivity index is 1.79. The quantitative estimate of drug-likeness (QED) is 0.538. The smallest absolute Gasteiger partial charge is 0.328 e. The van der Waals surface area contributed by atoms with Gasteiger partial charge in [0.1, 0.15) is 12.6 Å². The summed E-state index contributed by atoms with van der Waals surface area (Å²) in [5.41, 5.74) is 0.927. The van der Waals surface area contributed by atoms with E-state index in [9.17, 15) is 9.59 Å². The van der Waals surface area contributed by atoms with Gasteiger partial charge in [-0.3, -0.25) is 4.79 Å². The zero-order chi connectivity index (χ0) is 20.9. The molecule has 0 radical (unpaired) electrons. The number of carbonyl (C=O) groups is 2. The van der Waals surface area contributed by atoms with Crippen LogP contribution in [0, 0.1) is 5.92 Å². The number of rotatable bonds is 7. The van der Waals surface area contributed by atoms with Gasteiger partial charge in [0, 0.05) is 12.0 Å². The molecular formula is C22H35NO4Si. The van der Waals surface area contributed by atoms with Crippen LogP contribution in [0.2, 0.25) is 18.1 Å². The van der Waals surface area contributed by atoms with E-state index in [1.165, 1.54) is 0 Å². The molecule has 0 saturated heterocycles. The Morgan fingerprint density at radius 1 is 1.18 bits per heavy atom. The third-order valence-corrected chi connectivity index (χ3v) is 10.5. The van der Waals surface area contributed by atoms with E-state index >= 15 is 0 Å². The molecule has 28 heavy (non-hydrogen) atoms. The maximum atomic E-state index is 12.6. The van der Waals surface area contributed by atoms with Crippen LogP contribution in [0.25, 0.3) is 0 Å². The average molecular weight is 406 g/mol. The van der Waals surface area contributed by atoms with Crippen molar-refractivity contribution in [3.05, 3.63) is 35.9 Å². The van der Waals surface area contributed by atoms with Crippen molar-refractivity contribution in [1.82, 2.24) is 5.32 Å². The summed E-state index contributed by atoms with van der Waals surface area (Å²) >= 11 is 0. The summed E-state index contributed by atoms with van der Waals surface area (Å²) in [6.45, 7) is 13.0. The van der Waals surface area contributed by atoms with Crippen LogP contribution in [0.15, 0.2) is 30.3 Å². The fourth-order valence-electron chi connectivity index (χ4n) is 3.12. The third kappa shape index (κ3) is 6.17. The summed E-state index contributed by atoms with van der Waals surface area (Å²) in [6.07, 6.45) is 2.57. The molecule has 0 bridgehead atoms. The minimum Gasteiger partial charge on any atom is -0.459 e. The summed E-state index contributed by atoms with van der Waals surface area (Å²) in [5.74, 6) is -0.589. The molecule has 1 saturated carbocycles. The highest BCUT2D eigenvalue weighted by molar-refractivity contribution is 6.74. The summed E-state index contributed by atoms with van der Waals surface area (Å²) in [5, 5.41) is 2.97. The van der Waals surface area contributed by atoms with Crippen LogP contribution in [0.5, 0.6) is 0 Å². The van der Waals surface area contributed by atoms with Crippen LogP contribution in [0.3, 0.4) is 0 Å². The second-order valence-corrected chi connectivity index (χ2v) is 14.1. The van der Waals surface area contributed by atoms with Crippen LogP contribution in [0.4, 0.5) is 0 Å². The normalized spacial score (nSPS) is 21.2. The molecule has 1 aromatic carbocycles. The first-order chi connectivity index (χ1) is 13.0. The molecule has 0 aliphatic heterocycles. The van der Waals surface area contributed by atoms with E-state index in [-0.39, 0.29) is 29.6 Å². The zero-order valence-electron chi connectivity index (χ0n) is 18.1. The fourth-order valence-corrected chi connectivity index (χ4v) is 4.52. The number of hydrogen-bond acceptors (Lipinski definition) is 4. The van der Waals surface area contributed by atoms with Crippen LogP contribution < -0.4 is 5.32 Å². The van der Waals surface area contributed by atoms with Crippen LogP contribution in [0.1, 0.15) is 52.5 Å². The molecule has 0 unspecified atom stereocenters. The molecule has 1 aliphatic rings. The van der Waals surface area contributed by atoms with Gasteiger partial charge in [0.15, 0.2) is 8.32 Å². The predicted octanol–water partition coefficient (Wildman–Crippen LogP) is 4.43. The van der Waals surface area contributed by atoms with Gasteiger partial charge >= 0.3 is 5.97 Å². The number of nitrogens with one attached hydrogen (secondary N) is 1. The number of hydrogen-bond donors (Lipinski definition) is 1. The molecule has 1 N–H and O–H groups in total. The first-order valence-corrected chi connectivity index (χ1v) is 13.1. The Morgan fingerprint density at radius 2 is 1.82 bits per heavy atom. The van der Waals surface area contributed by atoms with Gasteiger partial charge in [0.2, 0.25) is 5.91 Å². The number of benzene rings is 1. The van der Waals surface area contributed by atoms with E-state index < -0.39 is 20.3 Å². The lowest BCUT2D eigenvalue weighted by Crippen LogP contribution is -2.44. The highest BCUT2D eigenvalue weighted by atomic mass is 28.4. The molecule has 5 nitrogen and oxygen atoms in total. The van der Waals surface area contributed by atoms with Gasteiger partial charge in [-0.2, -0.15) is 0 Å². The topological polar surface area (TPSA) is 64.6 Å². The van der Waals surface area contributed by atoms with Gasteiger partial charge in [-0.05, 0) is 49.9 Å². The van der Waals surface area contributed by atoms with Crippen LogP contribution in [-0.2, 0) is 25.4 Å². The minimum absolute atomic E-state index is 0.0782. The summed E-state index contributed by atoms with van der Waals surface area (Å²) in [4.78, 5) is 24.8. The maximum absolute atomic E-state index is 12.6. The average Bonchev–Trinajstić information content (AvgIpc) is 3.07. The Labute approximate surface area is 170 Å². The van der Waals surface area contributed by atoms with Crippen molar-refractivity contribution in [2.75, 3.05) is 0 Å². The molecule has 0 aromatic heterocycles. The zero-order valence-corrected chi connectivity index (χ0v) is 19.1. The first kappa shape index (κ1) is 22.6. The number of esters is 1. The molecule has 1 aromatic rings. The molecule has 1 amide bonds. The lowest BCUT2D eigenvalue weighted by molar-refractivity contribution is -0.149. The van der Waals surface area contributed by atoms with E-state index in [4.69, 9.17) is 9.16 Å². The van der Waals surface area contributed by atoms with Crippen LogP contribution in [-0.4, -0.2) is 32.3 Å². The Hall–Kier alpha value is -1.66. The highest BCUT2D eigenvalue weighted by Crippen LogP contribution is 2.40. The van der Waals surface area contributed by atoms with Gasteiger partial charge in [-0.25, -0.2) is 4.79 Å². The van der Waals surface area contributed by atoms with Crippen molar-refractivity contribution in [1.29, 1.82) is 0 Å². The van der Waals surface area contributed by atoms with Gasteiger partial charge < -0.3 is 14.5 Å². The van der Waals surface area contributed by atoms with E-state index in [0.717, 1.165) is 24.8 Å². The Bertz CT molecular complexity index is 669. The summed E-state index contributed by atoms with van der Waals surface area (Å²) < 4.78 is 11.8. The minimum atomic E-state index is -1.83.